The summed E-state index contributed by atoms with van der Waals surface area (Å²) in [5.74, 6) is -0.351. The fourth-order valence-electron chi connectivity index (χ4n) is 3.78. The first-order valence-electron chi connectivity index (χ1n) is 11.3. The molecule has 33 heavy (non-hydrogen) atoms. The minimum atomic E-state index is -3.50. The molecule has 0 spiro atoms. The van der Waals surface area contributed by atoms with Gasteiger partial charge in [0, 0.05) is 26.1 Å². The molecule has 0 aliphatic rings. The first-order valence-corrected chi connectivity index (χ1v) is 13.2. The van der Waals surface area contributed by atoms with E-state index in [1.807, 2.05) is 69.3 Å². The van der Waals surface area contributed by atoms with Gasteiger partial charge in [0.15, 0.2) is 0 Å². The van der Waals surface area contributed by atoms with Crippen molar-refractivity contribution in [2.24, 2.45) is 0 Å². The number of anilines is 1. The van der Waals surface area contributed by atoms with E-state index in [-0.39, 0.29) is 24.8 Å². The lowest BCUT2D eigenvalue weighted by Gasteiger charge is -2.31. The van der Waals surface area contributed by atoms with Crippen LogP contribution in [0.5, 0.6) is 0 Å². The first-order chi connectivity index (χ1) is 15.7. The fourth-order valence-corrected chi connectivity index (χ4v) is 4.74. The van der Waals surface area contributed by atoms with E-state index in [2.05, 4.69) is 5.32 Å². The first kappa shape index (κ1) is 26.4. The highest BCUT2D eigenvalue weighted by atomic mass is 32.2. The average molecular weight is 474 g/mol. The van der Waals surface area contributed by atoms with Gasteiger partial charge >= 0.3 is 0 Å². The van der Waals surface area contributed by atoms with Crippen LogP contribution >= 0.6 is 0 Å². The van der Waals surface area contributed by atoms with Crippen molar-refractivity contribution in [1.82, 2.24) is 10.2 Å². The Morgan fingerprint density at radius 2 is 1.73 bits per heavy atom. The third kappa shape index (κ3) is 7.89. The molecule has 0 saturated heterocycles. The molecule has 8 heteroatoms. The molecule has 0 radical (unpaired) electrons. The van der Waals surface area contributed by atoms with E-state index in [0.29, 0.717) is 31.6 Å². The highest BCUT2D eigenvalue weighted by Crippen LogP contribution is 2.20. The number of carbonyl (C=O) groups is 2. The van der Waals surface area contributed by atoms with Crippen LogP contribution in [0.3, 0.4) is 0 Å². The number of benzene rings is 2. The van der Waals surface area contributed by atoms with Crippen LogP contribution in [0.1, 0.15) is 44.2 Å². The lowest BCUT2D eigenvalue weighted by molar-refractivity contribution is -0.141. The molecule has 2 aromatic rings. The Kier molecular flexibility index (Phi) is 9.91. The zero-order chi connectivity index (χ0) is 24.4. The minimum Gasteiger partial charge on any atom is -0.355 e. The van der Waals surface area contributed by atoms with Gasteiger partial charge in [-0.2, -0.15) is 0 Å². The number of sulfonamides is 1. The van der Waals surface area contributed by atoms with Crippen LogP contribution in [0.2, 0.25) is 0 Å². The lowest BCUT2D eigenvalue weighted by Crippen LogP contribution is -2.49. The molecule has 0 bridgehead atoms. The predicted molar refractivity (Wildman–Crippen MR) is 132 cm³/mol. The standard InChI is InChI=1S/C25H35N3O4S/c1-5-23(25(30)26-6-2)27(19-21-13-8-7-9-14-21)24(29)16-11-17-28(33(4,31)32)22-15-10-12-20(3)18-22/h7-10,12-15,18,23H,5-6,11,16-17,19H2,1-4H3,(H,26,30)/t23-/m0/s1. The Labute approximate surface area is 197 Å². The Morgan fingerprint density at radius 1 is 1.03 bits per heavy atom. The van der Waals surface area contributed by atoms with E-state index in [1.54, 1.807) is 11.0 Å². The molecule has 180 valence electrons. The van der Waals surface area contributed by atoms with Crippen LogP contribution < -0.4 is 9.62 Å². The van der Waals surface area contributed by atoms with Gasteiger partial charge in [-0.25, -0.2) is 8.42 Å². The molecule has 2 rings (SSSR count). The molecule has 2 aromatic carbocycles. The molecule has 0 unspecified atom stereocenters. The van der Waals surface area contributed by atoms with Crippen LogP contribution in [-0.2, 0) is 26.2 Å². The van der Waals surface area contributed by atoms with Crippen molar-refractivity contribution >= 4 is 27.5 Å². The van der Waals surface area contributed by atoms with Crippen molar-refractivity contribution in [3.05, 3.63) is 65.7 Å². The summed E-state index contributed by atoms with van der Waals surface area (Å²) in [5.41, 5.74) is 2.48. The summed E-state index contributed by atoms with van der Waals surface area (Å²) in [6.07, 6.45) is 2.14. The fraction of sp³-hybridized carbons (Fsp3) is 0.440. The highest BCUT2D eigenvalue weighted by molar-refractivity contribution is 7.92. The molecule has 2 amide bonds. The van der Waals surface area contributed by atoms with Gasteiger partial charge in [-0.1, -0.05) is 49.4 Å². The third-order valence-electron chi connectivity index (χ3n) is 5.37. The van der Waals surface area contributed by atoms with Crippen molar-refractivity contribution in [1.29, 1.82) is 0 Å². The zero-order valence-corrected chi connectivity index (χ0v) is 20.8. The van der Waals surface area contributed by atoms with Gasteiger partial charge in [0.05, 0.1) is 11.9 Å². The van der Waals surface area contributed by atoms with Gasteiger partial charge in [-0.3, -0.25) is 13.9 Å². The summed E-state index contributed by atoms with van der Waals surface area (Å²) in [6, 6.07) is 16.2. The van der Waals surface area contributed by atoms with Gasteiger partial charge in [-0.15, -0.1) is 0 Å². The monoisotopic (exact) mass is 473 g/mol. The normalized spacial score (nSPS) is 12.1. The van der Waals surface area contributed by atoms with Crippen molar-refractivity contribution in [3.63, 3.8) is 0 Å². The molecular formula is C25H35N3O4S. The summed E-state index contributed by atoms with van der Waals surface area (Å²) >= 11 is 0. The molecule has 0 fully saturated rings. The largest absolute Gasteiger partial charge is 0.355 e. The van der Waals surface area contributed by atoms with Crippen LogP contribution in [0.15, 0.2) is 54.6 Å². The second-order valence-corrected chi connectivity index (χ2v) is 10.0. The van der Waals surface area contributed by atoms with Gasteiger partial charge in [-0.05, 0) is 49.9 Å². The second kappa shape index (κ2) is 12.4. The molecule has 0 heterocycles. The lowest BCUT2D eigenvalue weighted by atomic mass is 10.1. The number of nitrogens with one attached hydrogen (secondary N) is 1. The van der Waals surface area contributed by atoms with Crippen molar-refractivity contribution in [2.75, 3.05) is 23.7 Å². The number of hydrogen-bond acceptors (Lipinski definition) is 4. The van der Waals surface area contributed by atoms with E-state index in [1.165, 1.54) is 10.6 Å². The summed E-state index contributed by atoms with van der Waals surface area (Å²) in [7, 11) is -3.50. The number of nitrogens with zero attached hydrogens (tertiary/aromatic N) is 2. The maximum absolute atomic E-state index is 13.3. The second-order valence-electron chi connectivity index (χ2n) is 8.10. The molecule has 7 nitrogen and oxygen atoms in total. The van der Waals surface area contributed by atoms with E-state index in [4.69, 9.17) is 0 Å². The Morgan fingerprint density at radius 3 is 2.30 bits per heavy atom. The van der Waals surface area contributed by atoms with E-state index >= 15 is 0 Å². The molecular weight excluding hydrogens is 438 g/mol. The van der Waals surface area contributed by atoms with E-state index < -0.39 is 16.1 Å². The molecule has 0 aliphatic heterocycles. The summed E-state index contributed by atoms with van der Waals surface area (Å²) in [4.78, 5) is 27.5. The summed E-state index contributed by atoms with van der Waals surface area (Å²) in [6.45, 7) is 6.63. The minimum absolute atomic E-state index is 0.139. The summed E-state index contributed by atoms with van der Waals surface area (Å²) < 4.78 is 26.1. The SMILES string of the molecule is CCNC(=O)[C@H](CC)N(Cc1ccccc1)C(=O)CCCN(c1cccc(C)c1)S(C)(=O)=O. The maximum Gasteiger partial charge on any atom is 0.242 e. The topological polar surface area (TPSA) is 86.8 Å². The Hall–Kier alpha value is -2.87. The zero-order valence-electron chi connectivity index (χ0n) is 20.0. The average Bonchev–Trinajstić information content (AvgIpc) is 2.76. The molecule has 1 atom stereocenters. The number of rotatable bonds is 12. The van der Waals surface area contributed by atoms with Crippen LogP contribution in [-0.4, -0.2) is 50.5 Å². The van der Waals surface area contributed by atoms with Crippen molar-refractivity contribution in [2.45, 2.75) is 52.6 Å². The Balaban J connectivity index is 2.17. The molecule has 1 N–H and O–H groups in total. The smallest absolute Gasteiger partial charge is 0.242 e. The summed E-state index contributed by atoms with van der Waals surface area (Å²) in [5, 5.41) is 2.82. The number of likely N-dealkylation sites (N-methyl/N-ethyl adjacent to an activating group) is 1. The number of aryl methyl sites for hydroxylation is 1. The van der Waals surface area contributed by atoms with Crippen LogP contribution in [0.25, 0.3) is 0 Å². The third-order valence-corrected chi connectivity index (χ3v) is 6.57. The number of amides is 2. The number of carbonyl (C=O) groups excluding carboxylic acids is 2. The van der Waals surface area contributed by atoms with Crippen molar-refractivity contribution < 1.29 is 18.0 Å². The van der Waals surface area contributed by atoms with Crippen molar-refractivity contribution in [3.8, 4) is 0 Å². The van der Waals surface area contributed by atoms with E-state index in [0.717, 1.165) is 11.1 Å². The maximum atomic E-state index is 13.3. The van der Waals surface area contributed by atoms with Crippen LogP contribution in [0, 0.1) is 6.92 Å². The van der Waals surface area contributed by atoms with Gasteiger partial charge < -0.3 is 10.2 Å². The highest BCUT2D eigenvalue weighted by Gasteiger charge is 2.28. The molecule has 0 saturated carbocycles. The predicted octanol–water partition coefficient (Wildman–Crippen LogP) is 3.48. The van der Waals surface area contributed by atoms with E-state index in [9.17, 15) is 18.0 Å². The quantitative estimate of drug-likeness (QED) is 0.511. The number of hydrogen-bond donors (Lipinski definition) is 1. The Bertz CT molecular complexity index is 1020. The molecule has 0 aromatic heterocycles. The molecule has 0 aliphatic carbocycles. The van der Waals surface area contributed by atoms with Crippen LogP contribution in [0.4, 0.5) is 5.69 Å². The van der Waals surface area contributed by atoms with Gasteiger partial charge in [0.25, 0.3) is 0 Å². The van der Waals surface area contributed by atoms with Gasteiger partial charge in [0.2, 0.25) is 21.8 Å². The van der Waals surface area contributed by atoms with Gasteiger partial charge in [0.1, 0.15) is 6.04 Å².